The van der Waals surface area contributed by atoms with Gasteiger partial charge in [0.15, 0.2) is 0 Å². The van der Waals surface area contributed by atoms with Crippen LogP contribution in [0.15, 0.2) is 23.4 Å². The molecule has 88 valence electrons. The van der Waals surface area contributed by atoms with E-state index in [4.69, 9.17) is 0 Å². The molecule has 2 heterocycles. The van der Waals surface area contributed by atoms with Gasteiger partial charge in [-0.05, 0) is 18.6 Å². The lowest BCUT2D eigenvalue weighted by Gasteiger charge is -2.37. The second kappa shape index (κ2) is 3.46. The van der Waals surface area contributed by atoms with Crippen molar-refractivity contribution >= 4 is 10.0 Å². The summed E-state index contributed by atoms with van der Waals surface area (Å²) in [5, 5.41) is 0. The monoisotopic (exact) mass is 248 g/mol. The van der Waals surface area contributed by atoms with Crippen molar-refractivity contribution in [3.8, 4) is 0 Å². The van der Waals surface area contributed by atoms with E-state index in [9.17, 15) is 17.2 Å². The maximum Gasteiger partial charge on any atom is 0.275 e. The zero-order valence-corrected chi connectivity index (χ0v) is 9.34. The quantitative estimate of drug-likeness (QED) is 0.785. The van der Waals surface area contributed by atoms with Crippen molar-refractivity contribution in [2.75, 3.05) is 13.1 Å². The van der Waals surface area contributed by atoms with Crippen molar-refractivity contribution in [2.45, 2.75) is 17.7 Å². The third-order valence-electron chi connectivity index (χ3n) is 2.30. The van der Waals surface area contributed by atoms with Crippen LogP contribution in [0.5, 0.6) is 0 Å². The smallest absolute Gasteiger partial charge is 0.263 e. The molecule has 0 N–H and O–H groups in total. The van der Waals surface area contributed by atoms with E-state index in [0.29, 0.717) is 5.56 Å². The average molecular weight is 248 g/mol. The zero-order valence-electron chi connectivity index (χ0n) is 8.52. The Morgan fingerprint density at radius 2 is 2.00 bits per heavy atom. The Morgan fingerprint density at radius 1 is 1.38 bits per heavy atom. The van der Waals surface area contributed by atoms with Gasteiger partial charge in [0.2, 0.25) is 10.0 Å². The molecule has 0 aromatic carbocycles. The molecular weight excluding hydrogens is 238 g/mol. The molecule has 0 atom stereocenters. The van der Waals surface area contributed by atoms with Crippen LogP contribution in [-0.2, 0) is 10.0 Å². The molecule has 1 saturated heterocycles. The van der Waals surface area contributed by atoms with Gasteiger partial charge in [-0.25, -0.2) is 17.2 Å². The first-order valence-electron chi connectivity index (χ1n) is 4.61. The Kier molecular flexibility index (Phi) is 2.47. The molecule has 0 amide bonds. The van der Waals surface area contributed by atoms with E-state index >= 15 is 0 Å². The molecule has 16 heavy (non-hydrogen) atoms. The van der Waals surface area contributed by atoms with Crippen molar-refractivity contribution in [1.29, 1.82) is 0 Å². The predicted octanol–water partition coefficient (Wildman–Crippen LogP) is 1.03. The van der Waals surface area contributed by atoms with Gasteiger partial charge in [-0.3, -0.25) is 4.98 Å². The predicted molar refractivity (Wildman–Crippen MR) is 52.7 cm³/mol. The standard InChI is InChI=1S/C9H10F2N2O2S/c1-7-2-8(4-12-3-7)16(14,15)13-5-9(10,11)6-13/h2-4H,5-6H2,1H3. The molecule has 1 aromatic heterocycles. The molecule has 0 radical (unpaired) electrons. The van der Waals surface area contributed by atoms with Gasteiger partial charge in [0.25, 0.3) is 5.92 Å². The second-order valence-corrected chi connectivity index (χ2v) is 5.76. The lowest BCUT2D eigenvalue weighted by atomic mass is 10.2. The van der Waals surface area contributed by atoms with Gasteiger partial charge < -0.3 is 0 Å². The summed E-state index contributed by atoms with van der Waals surface area (Å²) in [5.74, 6) is -2.90. The summed E-state index contributed by atoms with van der Waals surface area (Å²) in [4.78, 5) is 3.70. The first-order valence-corrected chi connectivity index (χ1v) is 6.05. The van der Waals surface area contributed by atoms with Crippen molar-refractivity contribution < 1.29 is 17.2 Å². The van der Waals surface area contributed by atoms with E-state index in [-0.39, 0.29) is 4.90 Å². The third-order valence-corrected chi connectivity index (χ3v) is 4.06. The summed E-state index contributed by atoms with van der Waals surface area (Å²) in [6.45, 7) is 0.198. The third kappa shape index (κ3) is 1.92. The summed E-state index contributed by atoms with van der Waals surface area (Å²) >= 11 is 0. The van der Waals surface area contributed by atoms with E-state index in [1.54, 1.807) is 6.92 Å². The molecule has 4 nitrogen and oxygen atoms in total. The molecule has 0 spiro atoms. The fourth-order valence-corrected chi connectivity index (χ4v) is 3.00. The Morgan fingerprint density at radius 3 is 2.50 bits per heavy atom. The fourth-order valence-electron chi connectivity index (χ4n) is 1.46. The van der Waals surface area contributed by atoms with Gasteiger partial charge in [-0.15, -0.1) is 0 Å². The number of aromatic nitrogens is 1. The summed E-state index contributed by atoms with van der Waals surface area (Å²) < 4.78 is 49.6. The number of halogens is 2. The highest BCUT2D eigenvalue weighted by atomic mass is 32.2. The van der Waals surface area contributed by atoms with Crippen molar-refractivity contribution in [1.82, 2.24) is 9.29 Å². The molecule has 1 aromatic rings. The van der Waals surface area contributed by atoms with Crippen LogP contribution in [0.25, 0.3) is 0 Å². The first-order chi connectivity index (χ1) is 7.31. The molecule has 2 rings (SSSR count). The van der Waals surface area contributed by atoms with Crippen LogP contribution in [0, 0.1) is 6.92 Å². The molecule has 0 saturated carbocycles. The number of pyridine rings is 1. The molecule has 0 bridgehead atoms. The number of sulfonamides is 1. The van der Waals surface area contributed by atoms with E-state index in [0.717, 1.165) is 4.31 Å². The molecule has 1 aliphatic heterocycles. The zero-order chi connectivity index (χ0) is 12.0. The lowest BCUT2D eigenvalue weighted by molar-refractivity contribution is -0.0945. The van der Waals surface area contributed by atoms with Crippen LogP contribution in [0.3, 0.4) is 0 Å². The number of hydrogen-bond acceptors (Lipinski definition) is 3. The SMILES string of the molecule is Cc1cncc(S(=O)(=O)N2CC(F)(F)C2)c1. The number of aryl methyl sites for hydroxylation is 1. The first kappa shape index (κ1) is 11.4. The minimum Gasteiger partial charge on any atom is -0.263 e. The number of hydrogen-bond donors (Lipinski definition) is 0. The van der Waals surface area contributed by atoms with E-state index in [1.807, 2.05) is 0 Å². The van der Waals surface area contributed by atoms with E-state index in [2.05, 4.69) is 4.98 Å². The summed E-state index contributed by atoms with van der Waals surface area (Å²) in [6, 6.07) is 1.42. The van der Waals surface area contributed by atoms with E-state index < -0.39 is 29.0 Å². The number of nitrogens with zero attached hydrogens (tertiary/aromatic N) is 2. The highest BCUT2D eigenvalue weighted by Gasteiger charge is 2.49. The average Bonchev–Trinajstić information content (AvgIpc) is 2.14. The van der Waals surface area contributed by atoms with Gasteiger partial charge in [0, 0.05) is 12.4 Å². The molecule has 0 aliphatic carbocycles. The molecular formula is C9H10F2N2O2S. The van der Waals surface area contributed by atoms with Crippen molar-refractivity contribution in [3.63, 3.8) is 0 Å². The highest BCUT2D eigenvalue weighted by molar-refractivity contribution is 7.89. The lowest BCUT2D eigenvalue weighted by Crippen LogP contribution is -2.58. The second-order valence-electron chi connectivity index (χ2n) is 3.83. The number of alkyl halides is 2. The maximum absolute atomic E-state index is 12.6. The molecule has 1 aliphatic rings. The van der Waals surface area contributed by atoms with Crippen LogP contribution in [-0.4, -0.2) is 36.7 Å². The van der Waals surface area contributed by atoms with Gasteiger partial charge in [-0.2, -0.15) is 4.31 Å². The largest absolute Gasteiger partial charge is 0.275 e. The Bertz CT molecular complexity index is 508. The van der Waals surface area contributed by atoms with Crippen LogP contribution >= 0.6 is 0 Å². The Labute approximate surface area is 92.0 Å². The molecule has 0 unspecified atom stereocenters. The van der Waals surface area contributed by atoms with Crippen molar-refractivity contribution in [3.05, 3.63) is 24.0 Å². The van der Waals surface area contributed by atoms with Gasteiger partial charge in [0.1, 0.15) is 4.90 Å². The highest BCUT2D eigenvalue weighted by Crippen LogP contribution is 2.31. The summed E-state index contributed by atoms with van der Waals surface area (Å²) in [5.41, 5.74) is 0.674. The topological polar surface area (TPSA) is 50.3 Å². The molecule has 7 heteroatoms. The maximum atomic E-state index is 12.6. The minimum atomic E-state index is -3.80. The van der Waals surface area contributed by atoms with Gasteiger partial charge >= 0.3 is 0 Å². The van der Waals surface area contributed by atoms with Gasteiger partial charge in [0.05, 0.1) is 13.1 Å². The van der Waals surface area contributed by atoms with Crippen LogP contribution in [0.1, 0.15) is 5.56 Å². The normalized spacial score (nSPS) is 20.4. The fraction of sp³-hybridized carbons (Fsp3) is 0.444. The van der Waals surface area contributed by atoms with E-state index in [1.165, 1.54) is 18.5 Å². The molecule has 1 fully saturated rings. The summed E-state index contributed by atoms with van der Waals surface area (Å²) in [7, 11) is -3.80. The van der Waals surface area contributed by atoms with Gasteiger partial charge in [-0.1, -0.05) is 0 Å². The van der Waals surface area contributed by atoms with Crippen LogP contribution in [0.2, 0.25) is 0 Å². The minimum absolute atomic E-state index is 0.0389. The van der Waals surface area contributed by atoms with Crippen molar-refractivity contribution in [2.24, 2.45) is 0 Å². The Hall–Kier alpha value is -1.08. The number of rotatable bonds is 2. The summed E-state index contributed by atoms with van der Waals surface area (Å²) in [6.07, 6.45) is 2.67. The van der Waals surface area contributed by atoms with Crippen LogP contribution < -0.4 is 0 Å². The Balaban J connectivity index is 2.28. The van der Waals surface area contributed by atoms with Crippen LogP contribution in [0.4, 0.5) is 8.78 Å².